The van der Waals surface area contributed by atoms with Crippen LogP contribution in [-0.4, -0.2) is 17.7 Å². The zero-order valence-corrected chi connectivity index (χ0v) is 10.6. The lowest BCUT2D eigenvalue weighted by atomic mass is 9.91. The van der Waals surface area contributed by atoms with E-state index in [0.717, 1.165) is 49.8 Å². The minimum atomic E-state index is -0.0872. The Hall–Kier alpha value is -1.35. The molecule has 0 saturated carbocycles. The summed E-state index contributed by atoms with van der Waals surface area (Å²) in [5.41, 5.74) is 1.14. The molecule has 3 heteroatoms. The second kappa shape index (κ2) is 6.55. The standard InChI is InChI=1S/C15H20O3/c16-10-6-2-1-3-8-13-11-12-7-4-5-9-14(12)18-15(13)17/h4-5,7,9,13,16H,1-3,6,8,10-11H2. The lowest BCUT2D eigenvalue weighted by Gasteiger charge is -2.23. The maximum absolute atomic E-state index is 11.8. The predicted octanol–water partition coefficient (Wildman–Crippen LogP) is 2.71. The Kier molecular flexibility index (Phi) is 4.76. The van der Waals surface area contributed by atoms with Gasteiger partial charge in [-0.1, -0.05) is 37.5 Å². The van der Waals surface area contributed by atoms with Gasteiger partial charge in [-0.3, -0.25) is 4.79 Å². The first-order valence-electron chi connectivity index (χ1n) is 6.71. The van der Waals surface area contributed by atoms with Crippen LogP contribution >= 0.6 is 0 Å². The quantitative estimate of drug-likeness (QED) is 0.478. The predicted molar refractivity (Wildman–Crippen MR) is 69.4 cm³/mol. The van der Waals surface area contributed by atoms with Gasteiger partial charge in [0.05, 0.1) is 5.92 Å². The molecule has 0 radical (unpaired) electrons. The Morgan fingerprint density at radius 2 is 1.94 bits per heavy atom. The van der Waals surface area contributed by atoms with Crippen molar-refractivity contribution < 1.29 is 14.6 Å². The summed E-state index contributed by atoms with van der Waals surface area (Å²) in [6.07, 6.45) is 5.69. The number of fused-ring (bicyclic) bond motifs is 1. The minimum Gasteiger partial charge on any atom is -0.426 e. The molecule has 0 amide bonds. The van der Waals surface area contributed by atoms with E-state index in [4.69, 9.17) is 9.84 Å². The molecule has 1 unspecified atom stereocenters. The molecular formula is C15H20O3. The fourth-order valence-electron chi connectivity index (χ4n) is 2.39. The largest absolute Gasteiger partial charge is 0.426 e. The van der Waals surface area contributed by atoms with Gasteiger partial charge in [0.1, 0.15) is 5.75 Å². The van der Waals surface area contributed by atoms with Crippen molar-refractivity contribution in [1.29, 1.82) is 0 Å². The zero-order chi connectivity index (χ0) is 12.8. The number of aliphatic hydroxyl groups excluding tert-OH is 1. The molecule has 98 valence electrons. The summed E-state index contributed by atoms with van der Waals surface area (Å²) in [4.78, 5) is 11.8. The molecule has 0 saturated heterocycles. The van der Waals surface area contributed by atoms with Crippen LogP contribution in [-0.2, 0) is 11.2 Å². The van der Waals surface area contributed by atoms with Gasteiger partial charge >= 0.3 is 5.97 Å². The lowest BCUT2D eigenvalue weighted by molar-refractivity contribution is -0.140. The van der Waals surface area contributed by atoms with E-state index in [0.29, 0.717) is 0 Å². The van der Waals surface area contributed by atoms with E-state index in [2.05, 4.69) is 0 Å². The summed E-state index contributed by atoms with van der Waals surface area (Å²) in [5, 5.41) is 8.69. The average Bonchev–Trinajstić information content (AvgIpc) is 2.39. The van der Waals surface area contributed by atoms with Gasteiger partial charge in [-0.25, -0.2) is 0 Å². The van der Waals surface area contributed by atoms with Crippen molar-refractivity contribution in [3.8, 4) is 5.75 Å². The molecule has 1 N–H and O–H groups in total. The molecule has 1 heterocycles. The molecule has 0 fully saturated rings. The number of esters is 1. The van der Waals surface area contributed by atoms with E-state index in [9.17, 15) is 4.79 Å². The van der Waals surface area contributed by atoms with Crippen molar-refractivity contribution >= 4 is 5.97 Å². The molecule has 0 aromatic heterocycles. The highest BCUT2D eigenvalue weighted by Gasteiger charge is 2.27. The Morgan fingerprint density at radius 1 is 1.17 bits per heavy atom. The van der Waals surface area contributed by atoms with Crippen molar-refractivity contribution in [3.05, 3.63) is 29.8 Å². The van der Waals surface area contributed by atoms with Crippen LogP contribution in [0.4, 0.5) is 0 Å². The number of hydrogen-bond donors (Lipinski definition) is 1. The number of carbonyl (C=O) groups is 1. The van der Waals surface area contributed by atoms with Gasteiger partial charge in [0.25, 0.3) is 0 Å². The monoisotopic (exact) mass is 248 g/mol. The van der Waals surface area contributed by atoms with Crippen molar-refractivity contribution in [1.82, 2.24) is 0 Å². The van der Waals surface area contributed by atoms with Gasteiger partial charge in [0.15, 0.2) is 0 Å². The van der Waals surface area contributed by atoms with Crippen LogP contribution in [0.1, 0.15) is 37.7 Å². The zero-order valence-electron chi connectivity index (χ0n) is 10.6. The van der Waals surface area contributed by atoms with Crippen LogP contribution in [0.15, 0.2) is 24.3 Å². The molecule has 1 aliphatic heterocycles. The maximum atomic E-state index is 11.8. The summed E-state index contributed by atoms with van der Waals surface area (Å²) in [6.45, 7) is 0.263. The third-order valence-electron chi connectivity index (χ3n) is 3.44. The normalized spacial score (nSPS) is 18.3. The van der Waals surface area contributed by atoms with E-state index in [1.165, 1.54) is 0 Å². The third kappa shape index (κ3) is 3.33. The van der Waals surface area contributed by atoms with Crippen LogP contribution in [0.3, 0.4) is 0 Å². The highest BCUT2D eigenvalue weighted by atomic mass is 16.5. The first-order valence-corrected chi connectivity index (χ1v) is 6.71. The summed E-state index contributed by atoms with van der Waals surface area (Å²) in [6, 6.07) is 7.75. The molecule has 0 spiro atoms. The minimum absolute atomic E-state index is 0.00836. The number of unbranched alkanes of at least 4 members (excludes halogenated alkanes) is 3. The number of para-hydroxylation sites is 1. The average molecular weight is 248 g/mol. The Balaban J connectivity index is 1.82. The van der Waals surface area contributed by atoms with Crippen molar-refractivity contribution in [2.45, 2.75) is 38.5 Å². The first-order chi connectivity index (χ1) is 8.81. The van der Waals surface area contributed by atoms with E-state index >= 15 is 0 Å². The maximum Gasteiger partial charge on any atom is 0.314 e. The molecule has 1 aromatic rings. The van der Waals surface area contributed by atoms with E-state index in [1.54, 1.807) is 0 Å². The SMILES string of the molecule is O=C1Oc2ccccc2CC1CCCCCCO. The molecule has 3 nitrogen and oxygen atoms in total. The summed E-state index contributed by atoms with van der Waals surface area (Å²) < 4.78 is 5.34. The van der Waals surface area contributed by atoms with Crippen LogP contribution in [0.2, 0.25) is 0 Å². The number of aliphatic hydroxyl groups is 1. The highest BCUT2D eigenvalue weighted by Crippen LogP contribution is 2.30. The highest BCUT2D eigenvalue weighted by molar-refractivity contribution is 5.77. The van der Waals surface area contributed by atoms with Crippen LogP contribution in [0.5, 0.6) is 5.75 Å². The van der Waals surface area contributed by atoms with Gasteiger partial charge in [-0.05, 0) is 30.9 Å². The number of benzene rings is 1. The molecule has 0 bridgehead atoms. The van der Waals surface area contributed by atoms with E-state index in [1.807, 2.05) is 24.3 Å². The Morgan fingerprint density at radius 3 is 2.78 bits per heavy atom. The van der Waals surface area contributed by atoms with Crippen molar-refractivity contribution in [2.24, 2.45) is 5.92 Å². The number of hydrogen-bond acceptors (Lipinski definition) is 3. The number of rotatable bonds is 6. The Labute approximate surface area is 108 Å². The van der Waals surface area contributed by atoms with Crippen LogP contribution < -0.4 is 4.74 Å². The Bertz CT molecular complexity index is 400. The topological polar surface area (TPSA) is 46.5 Å². The lowest BCUT2D eigenvalue weighted by Crippen LogP contribution is -2.27. The molecule has 0 aliphatic carbocycles. The molecule has 1 aromatic carbocycles. The summed E-state index contributed by atoms with van der Waals surface area (Å²) in [5.74, 6) is 0.643. The molecule has 18 heavy (non-hydrogen) atoms. The third-order valence-corrected chi connectivity index (χ3v) is 3.44. The van der Waals surface area contributed by atoms with Gasteiger partial charge in [0, 0.05) is 6.61 Å². The van der Waals surface area contributed by atoms with Gasteiger partial charge in [-0.2, -0.15) is 0 Å². The molecule has 1 atom stereocenters. The summed E-state index contributed by atoms with van der Waals surface area (Å²) >= 11 is 0. The van der Waals surface area contributed by atoms with Gasteiger partial charge < -0.3 is 9.84 Å². The fourth-order valence-corrected chi connectivity index (χ4v) is 2.39. The van der Waals surface area contributed by atoms with Crippen molar-refractivity contribution in [2.75, 3.05) is 6.61 Å². The molecule has 1 aliphatic rings. The first kappa shape index (κ1) is 13.1. The molecular weight excluding hydrogens is 228 g/mol. The number of carbonyl (C=O) groups excluding carboxylic acids is 1. The van der Waals surface area contributed by atoms with Gasteiger partial charge in [0.2, 0.25) is 0 Å². The fraction of sp³-hybridized carbons (Fsp3) is 0.533. The second-order valence-corrected chi connectivity index (χ2v) is 4.86. The smallest absolute Gasteiger partial charge is 0.314 e. The van der Waals surface area contributed by atoms with E-state index in [-0.39, 0.29) is 18.5 Å². The van der Waals surface area contributed by atoms with E-state index < -0.39 is 0 Å². The van der Waals surface area contributed by atoms with Crippen molar-refractivity contribution in [3.63, 3.8) is 0 Å². The number of ether oxygens (including phenoxy) is 1. The van der Waals surface area contributed by atoms with Crippen LogP contribution in [0, 0.1) is 5.92 Å². The van der Waals surface area contributed by atoms with Gasteiger partial charge in [-0.15, -0.1) is 0 Å². The summed E-state index contributed by atoms with van der Waals surface area (Å²) in [7, 11) is 0. The van der Waals surface area contributed by atoms with Crippen LogP contribution in [0.25, 0.3) is 0 Å². The second-order valence-electron chi connectivity index (χ2n) is 4.86. The molecule has 2 rings (SSSR count).